The van der Waals surface area contributed by atoms with Crippen LogP contribution in [0.15, 0.2) is 46.6 Å². The average Bonchev–Trinajstić information content (AvgIpc) is 3.64. The van der Waals surface area contributed by atoms with Crippen LogP contribution in [-0.4, -0.2) is 274 Å². The summed E-state index contributed by atoms with van der Waals surface area (Å²) in [7, 11) is 0. The van der Waals surface area contributed by atoms with E-state index in [-0.39, 0.29) is 12.8 Å². The first-order chi connectivity index (χ1) is 36.4. The Bertz CT molecular complexity index is 2020. The van der Waals surface area contributed by atoms with Crippen molar-refractivity contribution in [1.29, 1.82) is 0 Å². The van der Waals surface area contributed by atoms with Gasteiger partial charge in [-0.05, 0) is 59.0 Å². The quantitative estimate of drug-likeness (QED) is 0.0356. The molecular weight excluding hydrogens is 1030 g/mol. The molecule has 26 unspecified atom stereocenters. The van der Waals surface area contributed by atoms with Gasteiger partial charge in [-0.2, -0.15) is 0 Å². The molecule has 0 aromatic carbocycles. The molecule has 26 atom stereocenters. The first-order valence-electron chi connectivity index (χ1n) is 25.7. The van der Waals surface area contributed by atoms with Gasteiger partial charge >= 0.3 is 5.97 Å². The minimum atomic E-state index is -2.18. The number of carboxylic acids is 1. The zero-order valence-corrected chi connectivity index (χ0v) is 43.5. The van der Waals surface area contributed by atoms with Gasteiger partial charge in [0.15, 0.2) is 31.5 Å². The summed E-state index contributed by atoms with van der Waals surface area (Å²) < 4.78 is 60.4. The van der Waals surface area contributed by atoms with Gasteiger partial charge in [-0.1, -0.05) is 47.9 Å². The Morgan fingerprint density at radius 2 is 1.12 bits per heavy atom. The van der Waals surface area contributed by atoms with E-state index in [9.17, 15) is 86.5 Å². The summed E-state index contributed by atoms with van der Waals surface area (Å²) >= 11 is 0. The number of aliphatic hydroxyl groups excluding tert-OH is 15. The van der Waals surface area contributed by atoms with Crippen LogP contribution in [0.4, 0.5) is 0 Å². The molecule has 27 nitrogen and oxygen atoms in total. The fraction of sp³-hybridized carbons (Fsp3) is 0.820. The number of aliphatic hydroxyl groups is 15. The summed E-state index contributed by atoms with van der Waals surface area (Å²) in [4.78, 5) is 11.9. The Labute approximate surface area is 444 Å². The maximum absolute atomic E-state index is 11.9. The number of hydrogen-bond donors (Lipinski definition) is 16. The van der Waals surface area contributed by atoms with Crippen molar-refractivity contribution < 1.29 is 134 Å². The Balaban J connectivity index is 1.38. The van der Waals surface area contributed by atoms with Crippen molar-refractivity contribution in [3.63, 3.8) is 0 Å². The smallest absolute Gasteiger partial charge is 0.306 e. The SMILES string of the molecule is CC(C)=CCCC(C)=CC=CC1(C)CC(OC2OC(CO)C(OC3OC(CO)C(OC4OC(CO)C(O)C(O)C4O)C(O)C3O)C(OC3OC(CO)C(O)C3O)C2OC2OCC(O)C(O)C2O)CC(C)=C1C(O)CC(=O)O. The van der Waals surface area contributed by atoms with Gasteiger partial charge in [0.25, 0.3) is 0 Å². The molecule has 0 radical (unpaired) electrons. The third-order valence-electron chi connectivity index (χ3n) is 14.8. The molecule has 0 spiro atoms. The average molecular weight is 1110 g/mol. The number of rotatable bonds is 22. The van der Waals surface area contributed by atoms with Gasteiger partial charge in [0, 0.05) is 5.41 Å². The second-order valence-corrected chi connectivity index (χ2v) is 21.1. The Kier molecular flexibility index (Phi) is 23.1. The van der Waals surface area contributed by atoms with Gasteiger partial charge < -0.3 is 129 Å². The molecule has 0 aromatic rings. The maximum atomic E-state index is 11.9. The molecule has 5 heterocycles. The Morgan fingerprint density at radius 3 is 1.70 bits per heavy atom. The second-order valence-electron chi connectivity index (χ2n) is 21.1. The molecule has 0 aromatic heterocycles. The summed E-state index contributed by atoms with van der Waals surface area (Å²) in [6.45, 7) is 5.20. The van der Waals surface area contributed by atoms with E-state index >= 15 is 0 Å². The third-order valence-corrected chi connectivity index (χ3v) is 14.8. The van der Waals surface area contributed by atoms with E-state index in [0.717, 1.165) is 24.0 Å². The maximum Gasteiger partial charge on any atom is 0.306 e. The van der Waals surface area contributed by atoms with Gasteiger partial charge in [-0.15, -0.1) is 0 Å². The van der Waals surface area contributed by atoms with Gasteiger partial charge in [0.05, 0.1) is 51.7 Å². The highest BCUT2D eigenvalue weighted by Gasteiger charge is 2.58. The Morgan fingerprint density at radius 1 is 0.623 bits per heavy atom. The van der Waals surface area contributed by atoms with Crippen molar-refractivity contribution in [1.82, 2.24) is 0 Å². The topological polar surface area (TPSA) is 433 Å². The summed E-state index contributed by atoms with van der Waals surface area (Å²) in [6, 6.07) is 0. The van der Waals surface area contributed by atoms with Gasteiger partial charge in [-0.3, -0.25) is 4.79 Å². The van der Waals surface area contributed by atoms with E-state index in [1.807, 2.05) is 32.9 Å². The van der Waals surface area contributed by atoms with E-state index in [1.165, 1.54) is 0 Å². The van der Waals surface area contributed by atoms with Crippen LogP contribution in [0.25, 0.3) is 0 Å². The highest BCUT2D eigenvalue weighted by Crippen LogP contribution is 2.47. The molecule has 77 heavy (non-hydrogen) atoms. The van der Waals surface area contributed by atoms with Crippen molar-refractivity contribution in [2.24, 2.45) is 5.41 Å². The number of allylic oxidation sites excluding steroid dienone is 6. The highest BCUT2D eigenvalue weighted by atomic mass is 16.8. The van der Waals surface area contributed by atoms with Gasteiger partial charge in [-0.25, -0.2) is 0 Å². The van der Waals surface area contributed by atoms with Crippen LogP contribution in [0.2, 0.25) is 0 Å². The molecule has 1 aliphatic carbocycles. The first-order valence-corrected chi connectivity index (χ1v) is 25.7. The number of carboxylic acid groups (broad SMARTS) is 1. The lowest BCUT2D eigenvalue weighted by molar-refractivity contribution is -0.404. The van der Waals surface area contributed by atoms with Crippen molar-refractivity contribution in [3.8, 4) is 0 Å². The van der Waals surface area contributed by atoms with Crippen LogP contribution in [0, 0.1) is 5.41 Å². The number of hydrogen-bond acceptors (Lipinski definition) is 26. The minimum Gasteiger partial charge on any atom is -0.481 e. The van der Waals surface area contributed by atoms with Crippen LogP contribution in [0.1, 0.15) is 66.7 Å². The summed E-state index contributed by atoms with van der Waals surface area (Å²) in [5, 5.41) is 171. The standard InChI is InChI=1S/C50H80O27/c1-20(2)8-6-9-21(3)10-7-11-50(5)14-23(12-22(4)31(50)24(55)13-30(57)58)69-49-44(77-45-37(64)32(59)25(56)19-68-45)43(76-46-38(65)34(61)27(16-52)71-46)42(29(18-54)73-49)75-48-40(67)36(63)41(28(17-53)72-48)74-47-39(66)35(62)33(60)26(15-51)70-47/h7-8,10-11,23-29,32-49,51-56,59-67H,6,9,12-19H2,1-5H3,(H,57,58). The summed E-state index contributed by atoms with van der Waals surface area (Å²) in [5.41, 5.74) is 2.04. The monoisotopic (exact) mass is 1110 g/mol. The van der Waals surface area contributed by atoms with Crippen LogP contribution >= 0.6 is 0 Å². The number of carbonyl (C=O) groups is 1. The van der Waals surface area contributed by atoms with Crippen molar-refractivity contribution in [3.05, 3.63) is 46.6 Å². The van der Waals surface area contributed by atoms with E-state index in [2.05, 4.69) is 6.08 Å². The van der Waals surface area contributed by atoms with Gasteiger partial charge in [0.2, 0.25) is 0 Å². The van der Waals surface area contributed by atoms with E-state index in [0.29, 0.717) is 11.1 Å². The minimum absolute atomic E-state index is 0.0338. The molecule has 5 aliphatic heterocycles. The zero-order valence-electron chi connectivity index (χ0n) is 43.5. The lowest BCUT2D eigenvalue weighted by Crippen LogP contribution is -2.68. The van der Waals surface area contributed by atoms with Gasteiger partial charge in [0.1, 0.15) is 110 Å². The second kappa shape index (κ2) is 27.9. The molecular formula is C50H80O27. The van der Waals surface area contributed by atoms with Crippen LogP contribution in [0.3, 0.4) is 0 Å². The lowest BCUT2D eigenvalue weighted by Gasteiger charge is -2.51. The van der Waals surface area contributed by atoms with Crippen molar-refractivity contribution in [2.45, 2.75) is 220 Å². The van der Waals surface area contributed by atoms with Crippen LogP contribution < -0.4 is 0 Å². The lowest BCUT2D eigenvalue weighted by atomic mass is 9.67. The van der Waals surface area contributed by atoms with Crippen molar-refractivity contribution in [2.75, 3.05) is 33.0 Å². The largest absolute Gasteiger partial charge is 0.481 e. The molecule has 0 saturated carbocycles. The molecule has 5 fully saturated rings. The molecule has 0 bridgehead atoms. The molecule has 6 rings (SSSR count). The number of ether oxygens (including phenoxy) is 10. The summed E-state index contributed by atoms with van der Waals surface area (Å²) in [6.07, 6.45) is -35.8. The fourth-order valence-electron chi connectivity index (χ4n) is 10.7. The molecule has 16 N–H and O–H groups in total. The predicted octanol–water partition coefficient (Wildman–Crippen LogP) is -5.05. The molecule has 5 saturated heterocycles. The van der Waals surface area contributed by atoms with E-state index in [4.69, 9.17) is 47.4 Å². The normalized spacial score (nSPS) is 44.6. The molecule has 0 amide bonds. The van der Waals surface area contributed by atoms with Crippen LogP contribution in [-0.2, 0) is 52.2 Å². The first kappa shape index (κ1) is 63.6. The third kappa shape index (κ3) is 14.9. The molecule has 27 heteroatoms. The number of aliphatic carboxylic acids is 1. The highest BCUT2D eigenvalue weighted by molar-refractivity contribution is 5.68. The fourth-order valence-corrected chi connectivity index (χ4v) is 10.7. The Hall–Kier alpha value is -2.57. The molecule has 6 aliphatic rings. The van der Waals surface area contributed by atoms with Crippen molar-refractivity contribution >= 4 is 5.97 Å². The predicted molar refractivity (Wildman–Crippen MR) is 257 cm³/mol. The van der Waals surface area contributed by atoms with E-state index < -0.39 is 204 Å². The molecule has 442 valence electrons. The summed E-state index contributed by atoms with van der Waals surface area (Å²) in [5.74, 6) is -1.25. The van der Waals surface area contributed by atoms with E-state index in [1.54, 1.807) is 19.9 Å². The zero-order chi connectivity index (χ0) is 56.8. The van der Waals surface area contributed by atoms with Crippen LogP contribution in [0.5, 0.6) is 0 Å².